The van der Waals surface area contributed by atoms with E-state index in [1.807, 2.05) is 36.4 Å². The van der Waals surface area contributed by atoms with E-state index >= 15 is 0 Å². The first-order valence-corrected chi connectivity index (χ1v) is 4.16. The lowest BCUT2D eigenvalue weighted by Crippen LogP contribution is -2.08. The SMILES string of the molecule is O=[N+]([O-])CC1C=Cc2ccccc21. The highest BCUT2D eigenvalue weighted by atomic mass is 16.6. The summed E-state index contributed by atoms with van der Waals surface area (Å²) in [5.74, 6) is -0.0359. The van der Waals surface area contributed by atoms with E-state index in [-0.39, 0.29) is 17.4 Å². The minimum atomic E-state index is -0.267. The van der Waals surface area contributed by atoms with Gasteiger partial charge in [0.25, 0.3) is 0 Å². The molecule has 0 radical (unpaired) electrons. The highest BCUT2D eigenvalue weighted by Crippen LogP contribution is 2.29. The van der Waals surface area contributed by atoms with Crippen LogP contribution < -0.4 is 0 Å². The number of nitro groups is 1. The van der Waals surface area contributed by atoms with E-state index in [1.54, 1.807) is 0 Å². The fraction of sp³-hybridized carbons (Fsp3) is 0.200. The van der Waals surface area contributed by atoms with E-state index in [1.165, 1.54) is 0 Å². The van der Waals surface area contributed by atoms with Crippen molar-refractivity contribution in [3.05, 3.63) is 51.6 Å². The molecule has 2 rings (SSSR count). The Balaban J connectivity index is 2.28. The number of hydrogen-bond donors (Lipinski definition) is 0. The molecule has 0 saturated carbocycles. The van der Waals surface area contributed by atoms with Gasteiger partial charge in [-0.2, -0.15) is 0 Å². The first-order chi connectivity index (χ1) is 6.27. The lowest BCUT2D eigenvalue weighted by atomic mass is 10.0. The summed E-state index contributed by atoms with van der Waals surface area (Å²) < 4.78 is 0. The van der Waals surface area contributed by atoms with Gasteiger partial charge in [0, 0.05) is 4.92 Å². The van der Waals surface area contributed by atoms with Gasteiger partial charge in [0.2, 0.25) is 6.54 Å². The standard InChI is InChI=1S/C10H9NO2/c12-11(13)7-9-6-5-8-3-1-2-4-10(8)9/h1-6,9H,7H2. The van der Waals surface area contributed by atoms with Crippen molar-refractivity contribution in [2.75, 3.05) is 6.54 Å². The first-order valence-electron chi connectivity index (χ1n) is 4.16. The molecule has 1 aromatic carbocycles. The maximum atomic E-state index is 10.3. The highest BCUT2D eigenvalue weighted by Gasteiger charge is 2.20. The van der Waals surface area contributed by atoms with Crippen LogP contribution in [0.1, 0.15) is 17.0 Å². The summed E-state index contributed by atoms with van der Waals surface area (Å²) in [7, 11) is 0. The summed E-state index contributed by atoms with van der Waals surface area (Å²) in [6.07, 6.45) is 3.84. The summed E-state index contributed by atoms with van der Waals surface area (Å²) in [5, 5.41) is 10.3. The molecule has 0 saturated heterocycles. The molecule has 1 atom stereocenters. The van der Waals surface area contributed by atoms with E-state index in [2.05, 4.69) is 0 Å². The van der Waals surface area contributed by atoms with Gasteiger partial charge in [-0.15, -0.1) is 0 Å². The molecule has 66 valence electrons. The summed E-state index contributed by atoms with van der Waals surface area (Å²) in [6.45, 7) is -0.00644. The second kappa shape index (κ2) is 3.01. The Morgan fingerprint density at radius 3 is 2.92 bits per heavy atom. The third-order valence-electron chi connectivity index (χ3n) is 2.25. The van der Waals surface area contributed by atoms with Gasteiger partial charge >= 0.3 is 0 Å². The topological polar surface area (TPSA) is 43.1 Å². The van der Waals surface area contributed by atoms with E-state index in [9.17, 15) is 10.1 Å². The smallest absolute Gasteiger partial charge is 0.214 e. The van der Waals surface area contributed by atoms with Crippen molar-refractivity contribution in [1.82, 2.24) is 0 Å². The molecule has 1 aromatic rings. The van der Waals surface area contributed by atoms with Crippen LogP contribution >= 0.6 is 0 Å². The van der Waals surface area contributed by atoms with Gasteiger partial charge < -0.3 is 0 Å². The number of benzene rings is 1. The predicted octanol–water partition coefficient (Wildman–Crippen LogP) is 2.07. The summed E-state index contributed by atoms with van der Waals surface area (Å²) in [4.78, 5) is 10.1. The molecule has 0 spiro atoms. The van der Waals surface area contributed by atoms with Gasteiger partial charge in [0.15, 0.2) is 0 Å². The van der Waals surface area contributed by atoms with E-state index in [0.29, 0.717) is 0 Å². The fourth-order valence-corrected chi connectivity index (χ4v) is 1.64. The van der Waals surface area contributed by atoms with Crippen LogP contribution in [0.2, 0.25) is 0 Å². The van der Waals surface area contributed by atoms with Gasteiger partial charge in [-0.25, -0.2) is 0 Å². The van der Waals surface area contributed by atoms with Crippen molar-refractivity contribution in [3.63, 3.8) is 0 Å². The van der Waals surface area contributed by atoms with Crippen LogP contribution in [0.4, 0.5) is 0 Å². The molecular weight excluding hydrogens is 166 g/mol. The van der Waals surface area contributed by atoms with Crippen LogP contribution in [0.25, 0.3) is 6.08 Å². The average molecular weight is 175 g/mol. The molecule has 0 aromatic heterocycles. The third kappa shape index (κ3) is 1.45. The van der Waals surface area contributed by atoms with Gasteiger partial charge in [-0.05, 0) is 11.1 Å². The highest BCUT2D eigenvalue weighted by molar-refractivity contribution is 5.62. The Morgan fingerprint density at radius 1 is 1.38 bits per heavy atom. The van der Waals surface area contributed by atoms with Crippen molar-refractivity contribution in [2.45, 2.75) is 5.92 Å². The van der Waals surface area contributed by atoms with Gasteiger partial charge in [-0.3, -0.25) is 10.1 Å². The number of rotatable bonds is 2. The van der Waals surface area contributed by atoms with Crippen molar-refractivity contribution < 1.29 is 4.92 Å². The molecule has 13 heavy (non-hydrogen) atoms. The van der Waals surface area contributed by atoms with Crippen LogP contribution in [0, 0.1) is 10.1 Å². The molecule has 1 unspecified atom stereocenters. The number of hydrogen-bond acceptors (Lipinski definition) is 2. The minimum Gasteiger partial charge on any atom is -0.265 e. The second-order valence-electron chi connectivity index (χ2n) is 3.11. The lowest BCUT2D eigenvalue weighted by molar-refractivity contribution is -0.481. The zero-order valence-electron chi connectivity index (χ0n) is 7.01. The van der Waals surface area contributed by atoms with E-state index in [4.69, 9.17) is 0 Å². The molecule has 1 aliphatic carbocycles. The van der Waals surface area contributed by atoms with E-state index < -0.39 is 0 Å². The summed E-state index contributed by atoms with van der Waals surface area (Å²) >= 11 is 0. The van der Waals surface area contributed by atoms with Crippen LogP contribution in [0.5, 0.6) is 0 Å². The van der Waals surface area contributed by atoms with Crippen molar-refractivity contribution >= 4 is 6.08 Å². The largest absolute Gasteiger partial charge is 0.265 e. The van der Waals surface area contributed by atoms with Crippen molar-refractivity contribution in [1.29, 1.82) is 0 Å². The van der Waals surface area contributed by atoms with Gasteiger partial charge in [-0.1, -0.05) is 36.4 Å². The van der Waals surface area contributed by atoms with Crippen molar-refractivity contribution in [2.24, 2.45) is 0 Å². The molecule has 0 N–H and O–H groups in total. The van der Waals surface area contributed by atoms with E-state index in [0.717, 1.165) is 11.1 Å². The number of fused-ring (bicyclic) bond motifs is 1. The normalized spacial score (nSPS) is 18.6. The maximum absolute atomic E-state index is 10.3. The van der Waals surface area contributed by atoms with Gasteiger partial charge in [0.1, 0.15) is 0 Å². The second-order valence-corrected chi connectivity index (χ2v) is 3.11. The van der Waals surface area contributed by atoms with Crippen molar-refractivity contribution in [3.8, 4) is 0 Å². The number of nitrogens with zero attached hydrogens (tertiary/aromatic N) is 1. The maximum Gasteiger partial charge on any atom is 0.214 e. The van der Waals surface area contributed by atoms with Crippen LogP contribution in [-0.4, -0.2) is 11.5 Å². The molecule has 3 heteroatoms. The molecule has 0 heterocycles. The Kier molecular flexibility index (Phi) is 1.85. The Morgan fingerprint density at radius 2 is 2.15 bits per heavy atom. The third-order valence-corrected chi connectivity index (χ3v) is 2.25. The molecule has 0 amide bonds. The van der Waals surface area contributed by atoms with Crippen LogP contribution in [0.3, 0.4) is 0 Å². The minimum absolute atomic E-state index is 0.00644. The monoisotopic (exact) mass is 175 g/mol. The fourth-order valence-electron chi connectivity index (χ4n) is 1.64. The quantitative estimate of drug-likeness (QED) is 0.510. The molecule has 0 aliphatic heterocycles. The molecule has 0 fully saturated rings. The van der Waals surface area contributed by atoms with Gasteiger partial charge in [0.05, 0.1) is 5.92 Å². The molecular formula is C10H9NO2. The zero-order valence-corrected chi connectivity index (χ0v) is 7.01. The molecule has 3 nitrogen and oxygen atoms in total. The lowest BCUT2D eigenvalue weighted by Gasteiger charge is -2.04. The Bertz CT molecular complexity index is 371. The van der Waals surface area contributed by atoms with Crippen LogP contribution in [-0.2, 0) is 0 Å². The summed E-state index contributed by atoms with van der Waals surface area (Å²) in [6, 6.07) is 7.78. The Labute approximate surface area is 75.8 Å². The molecule has 1 aliphatic rings. The zero-order chi connectivity index (χ0) is 9.26. The Hall–Kier alpha value is -1.64. The first kappa shape index (κ1) is 7.98. The predicted molar refractivity (Wildman–Crippen MR) is 50.1 cm³/mol. The molecule has 0 bridgehead atoms. The average Bonchev–Trinajstić information content (AvgIpc) is 2.48. The summed E-state index contributed by atoms with van der Waals surface area (Å²) in [5.41, 5.74) is 2.17. The van der Waals surface area contributed by atoms with Crippen LogP contribution in [0.15, 0.2) is 30.3 Å².